The molecule has 0 radical (unpaired) electrons. The van der Waals surface area contributed by atoms with Crippen molar-refractivity contribution in [1.82, 2.24) is 27.1 Å². The molecular formula is C20H23ClN6O4. The van der Waals surface area contributed by atoms with E-state index in [2.05, 4.69) is 32.2 Å². The van der Waals surface area contributed by atoms with Crippen LogP contribution in [0.5, 0.6) is 0 Å². The number of amides is 1. The summed E-state index contributed by atoms with van der Waals surface area (Å²) in [5.74, 6) is -1.39. The predicted octanol–water partition coefficient (Wildman–Crippen LogP) is 0.607. The third-order valence-corrected chi connectivity index (χ3v) is 4.78. The highest BCUT2D eigenvalue weighted by Crippen LogP contribution is 2.23. The number of rotatable bonds is 9. The summed E-state index contributed by atoms with van der Waals surface area (Å²) in [4.78, 5) is 24.3. The zero-order valence-electron chi connectivity index (χ0n) is 16.7. The van der Waals surface area contributed by atoms with E-state index < -0.39 is 24.0 Å². The lowest BCUT2D eigenvalue weighted by molar-refractivity contribution is -0.141. The smallest absolute Gasteiger partial charge is 0.323 e. The highest BCUT2D eigenvalue weighted by Gasteiger charge is 2.27. The normalized spacial score (nSPS) is 14.7. The van der Waals surface area contributed by atoms with Gasteiger partial charge < -0.3 is 9.84 Å². The molecule has 31 heavy (non-hydrogen) atoms. The maximum Gasteiger partial charge on any atom is 0.323 e. The van der Waals surface area contributed by atoms with Gasteiger partial charge in [0.25, 0.3) is 0 Å². The minimum Gasteiger partial charge on any atom is -0.480 e. The first-order valence-electron chi connectivity index (χ1n) is 9.43. The summed E-state index contributed by atoms with van der Waals surface area (Å²) >= 11 is 6.06. The number of halogens is 1. The highest BCUT2D eigenvalue weighted by atomic mass is 35.5. The Morgan fingerprint density at radius 2 is 1.94 bits per heavy atom. The maximum atomic E-state index is 12.8. The van der Waals surface area contributed by atoms with Crippen LogP contribution >= 0.6 is 11.6 Å². The third kappa shape index (κ3) is 6.40. The molecule has 11 heteroatoms. The SMILES string of the molecule is COC[C@H](N[C@@H](Cc1ccc(-c2cccc(Cl)c2)cc1)C(=O)NC1=NNNN1)C(=O)O. The van der Waals surface area contributed by atoms with Crippen molar-refractivity contribution in [2.75, 3.05) is 13.7 Å². The number of carboxylic acids is 1. The number of aliphatic carboxylic acids is 1. The van der Waals surface area contributed by atoms with Gasteiger partial charge in [-0.05, 0) is 35.2 Å². The molecule has 1 aliphatic heterocycles. The van der Waals surface area contributed by atoms with Crippen molar-refractivity contribution in [3.05, 3.63) is 59.1 Å². The van der Waals surface area contributed by atoms with Gasteiger partial charge in [-0.25, -0.2) is 5.53 Å². The van der Waals surface area contributed by atoms with Crippen LogP contribution in [0.1, 0.15) is 5.56 Å². The zero-order valence-corrected chi connectivity index (χ0v) is 17.4. The van der Waals surface area contributed by atoms with Crippen LogP contribution < -0.4 is 27.1 Å². The lowest BCUT2D eigenvalue weighted by Crippen LogP contribution is -2.56. The van der Waals surface area contributed by atoms with Crippen LogP contribution in [0.2, 0.25) is 5.02 Å². The first-order chi connectivity index (χ1) is 15.0. The largest absolute Gasteiger partial charge is 0.480 e. The molecule has 2 aromatic carbocycles. The van der Waals surface area contributed by atoms with E-state index in [4.69, 9.17) is 16.3 Å². The number of ether oxygens (including phenoxy) is 1. The quantitative estimate of drug-likeness (QED) is 0.329. The summed E-state index contributed by atoms with van der Waals surface area (Å²) in [6.45, 7) is -0.0882. The summed E-state index contributed by atoms with van der Waals surface area (Å²) in [5, 5.41) is 19.3. The second-order valence-corrected chi connectivity index (χ2v) is 7.22. The molecule has 0 spiro atoms. The van der Waals surface area contributed by atoms with E-state index in [9.17, 15) is 14.7 Å². The number of nitrogens with one attached hydrogen (secondary N) is 5. The summed E-state index contributed by atoms with van der Waals surface area (Å²) in [5.41, 5.74) is 10.4. The molecule has 0 fully saturated rings. The van der Waals surface area contributed by atoms with Gasteiger partial charge in [0.2, 0.25) is 11.9 Å². The topological polar surface area (TPSA) is 136 Å². The summed E-state index contributed by atoms with van der Waals surface area (Å²) < 4.78 is 4.96. The van der Waals surface area contributed by atoms with Crippen LogP contribution in [-0.2, 0) is 20.7 Å². The lowest BCUT2D eigenvalue weighted by Gasteiger charge is -2.22. The van der Waals surface area contributed by atoms with E-state index in [0.717, 1.165) is 16.7 Å². The Morgan fingerprint density at radius 3 is 2.55 bits per heavy atom. The summed E-state index contributed by atoms with van der Waals surface area (Å²) in [6.07, 6.45) is 0.253. The van der Waals surface area contributed by atoms with Gasteiger partial charge in [0.05, 0.1) is 12.6 Å². The monoisotopic (exact) mass is 446 g/mol. The summed E-state index contributed by atoms with van der Waals surface area (Å²) in [7, 11) is 1.40. The van der Waals surface area contributed by atoms with Gasteiger partial charge in [0, 0.05) is 12.1 Å². The molecule has 1 heterocycles. The molecule has 0 saturated heterocycles. The van der Waals surface area contributed by atoms with Gasteiger partial charge in [-0.3, -0.25) is 25.6 Å². The number of methoxy groups -OCH3 is 1. The molecule has 10 nitrogen and oxygen atoms in total. The molecule has 1 aliphatic rings. The van der Waals surface area contributed by atoms with Crippen molar-refractivity contribution in [3.8, 4) is 11.1 Å². The maximum absolute atomic E-state index is 12.8. The van der Waals surface area contributed by atoms with Crippen molar-refractivity contribution >= 4 is 29.4 Å². The van der Waals surface area contributed by atoms with Gasteiger partial charge in [-0.2, -0.15) is 0 Å². The van der Waals surface area contributed by atoms with Gasteiger partial charge >= 0.3 is 5.97 Å². The molecule has 2 atom stereocenters. The van der Waals surface area contributed by atoms with Gasteiger partial charge in [-0.15, -0.1) is 10.6 Å². The minimum absolute atomic E-state index is 0.0882. The van der Waals surface area contributed by atoms with Gasteiger partial charge in [0.15, 0.2) is 0 Å². The van der Waals surface area contributed by atoms with Crippen LogP contribution in [0.4, 0.5) is 0 Å². The molecule has 0 aromatic heterocycles. The number of hydrogen-bond donors (Lipinski definition) is 6. The molecule has 0 unspecified atom stereocenters. The Hall–Kier alpha value is -3.18. The Balaban J connectivity index is 1.76. The number of hydrogen-bond acceptors (Lipinski definition) is 8. The number of guanidine groups is 1. The first-order valence-corrected chi connectivity index (χ1v) is 9.81. The fourth-order valence-corrected chi connectivity index (χ4v) is 3.22. The lowest BCUT2D eigenvalue weighted by atomic mass is 10.00. The number of carboxylic acid groups (broad SMARTS) is 1. The van der Waals surface area contributed by atoms with Crippen molar-refractivity contribution in [2.45, 2.75) is 18.5 Å². The number of benzene rings is 2. The predicted molar refractivity (Wildman–Crippen MR) is 116 cm³/mol. The molecule has 0 bridgehead atoms. The van der Waals surface area contributed by atoms with Crippen LogP contribution in [0, 0.1) is 0 Å². The molecule has 6 N–H and O–H groups in total. The number of nitrogens with zero attached hydrogens (tertiary/aromatic N) is 1. The Morgan fingerprint density at radius 1 is 1.16 bits per heavy atom. The first kappa shape index (κ1) is 22.5. The van der Waals surface area contributed by atoms with E-state index >= 15 is 0 Å². The van der Waals surface area contributed by atoms with E-state index in [1.165, 1.54) is 7.11 Å². The van der Waals surface area contributed by atoms with E-state index in [-0.39, 0.29) is 19.0 Å². The van der Waals surface area contributed by atoms with Gasteiger partial charge in [0.1, 0.15) is 6.04 Å². The van der Waals surface area contributed by atoms with Gasteiger partial charge in [-0.1, -0.05) is 48.0 Å². The minimum atomic E-state index is -1.12. The number of hydrazine groups is 2. The second-order valence-electron chi connectivity index (χ2n) is 6.79. The van der Waals surface area contributed by atoms with Crippen molar-refractivity contribution in [1.29, 1.82) is 0 Å². The van der Waals surface area contributed by atoms with Crippen LogP contribution in [0.15, 0.2) is 53.6 Å². The average molecular weight is 447 g/mol. The number of carbonyl (C=O) groups excluding carboxylic acids is 1. The third-order valence-electron chi connectivity index (χ3n) is 4.55. The fraction of sp³-hybridized carbons (Fsp3) is 0.250. The zero-order chi connectivity index (χ0) is 22.2. The van der Waals surface area contributed by atoms with E-state index in [1.807, 2.05) is 48.5 Å². The molecule has 0 aliphatic carbocycles. The second kappa shape index (κ2) is 10.7. The molecule has 3 rings (SSSR count). The Kier molecular flexibility index (Phi) is 7.79. The van der Waals surface area contributed by atoms with Crippen LogP contribution in [0.25, 0.3) is 11.1 Å². The van der Waals surface area contributed by atoms with Crippen LogP contribution in [-0.4, -0.2) is 48.7 Å². The van der Waals surface area contributed by atoms with E-state index in [0.29, 0.717) is 5.02 Å². The number of hydrazone groups is 1. The van der Waals surface area contributed by atoms with Crippen molar-refractivity contribution in [3.63, 3.8) is 0 Å². The molecule has 1 amide bonds. The Labute approximate surface area is 183 Å². The van der Waals surface area contributed by atoms with Crippen molar-refractivity contribution in [2.24, 2.45) is 5.10 Å². The molecule has 2 aromatic rings. The fourth-order valence-electron chi connectivity index (χ4n) is 3.03. The average Bonchev–Trinajstić information content (AvgIpc) is 3.26. The molecular weight excluding hydrogens is 424 g/mol. The Bertz CT molecular complexity index is 953. The highest BCUT2D eigenvalue weighted by molar-refractivity contribution is 6.30. The number of carbonyl (C=O) groups is 2. The standard InChI is InChI=1S/C20H23ClN6O4/c1-31-11-17(19(29)30)22-16(18(28)23-20-24-26-27-25-20)9-12-5-7-13(8-6-12)14-3-2-4-15(21)10-14/h2-8,10,16-17,22,26-27H,9,11H2,1H3,(H,29,30)(H2,23,24,25,28)/t16-,17-/m0/s1. The van der Waals surface area contributed by atoms with Crippen molar-refractivity contribution < 1.29 is 19.4 Å². The van der Waals surface area contributed by atoms with E-state index in [1.54, 1.807) is 0 Å². The molecule has 164 valence electrons. The molecule has 0 saturated carbocycles. The summed E-state index contributed by atoms with van der Waals surface area (Å²) in [6, 6.07) is 13.2. The van der Waals surface area contributed by atoms with Crippen LogP contribution in [0.3, 0.4) is 0 Å².